The summed E-state index contributed by atoms with van der Waals surface area (Å²) in [5, 5.41) is 15.5. The quantitative estimate of drug-likeness (QED) is 0.385. The molecule has 0 amide bonds. The molecule has 0 bridgehead atoms. The van der Waals surface area contributed by atoms with Gasteiger partial charge in [-0.25, -0.2) is 0 Å². The third kappa shape index (κ3) is 3.99. The van der Waals surface area contributed by atoms with Gasteiger partial charge in [0, 0.05) is 10.0 Å². The van der Waals surface area contributed by atoms with Crippen LogP contribution in [0.15, 0.2) is 66.7 Å². The average molecular weight is 412 g/mol. The van der Waals surface area contributed by atoms with Crippen molar-refractivity contribution in [3.8, 4) is 0 Å². The van der Waals surface area contributed by atoms with Crippen LogP contribution in [0.1, 0.15) is 34.7 Å². The zero-order chi connectivity index (χ0) is 20.3. The normalized spacial score (nSPS) is 11.5. The molecule has 0 spiro atoms. The molecule has 2 nitrogen and oxygen atoms in total. The Balaban J connectivity index is 2.45. The van der Waals surface area contributed by atoms with Gasteiger partial charge >= 0.3 is 7.05 Å². The molecule has 0 unspecified atom stereocenters. The van der Waals surface area contributed by atoms with Crippen LogP contribution in [0.3, 0.4) is 0 Å². The summed E-state index contributed by atoms with van der Waals surface area (Å²) in [6.45, 7) is 6.07. The van der Waals surface area contributed by atoms with Gasteiger partial charge in [-0.05, 0) is 72.3 Å². The van der Waals surface area contributed by atoms with Crippen molar-refractivity contribution in [3.63, 3.8) is 0 Å². The molecule has 3 aromatic rings. The van der Waals surface area contributed by atoms with E-state index in [1.165, 1.54) is 0 Å². The van der Waals surface area contributed by atoms with Crippen molar-refractivity contribution >= 4 is 30.3 Å². The summed E-state index contributed by atoms with van der Waals surface area (Å²) in [4.78, 5) is 0. The highest BCUT2D eigenvalue weighted by Gasteiger charge is 2.40. The molecule has 0 aromatic heterocycles. The molecule has 0 heterocycles. The predicted octanol–water partition coefficient (Wildman–Crippen LogP) is 5.99. The van der Waals surface area contributed by atoms with Crippen LogP contribution in [0.4, 0.5) is 0 Å². The Bertz CT molecular complexity index is 911. The summed E-state index contributed by atoms with van der Waals surface area (Å²) >= 11 is 12.8. The lowest BCUT2D eigenvalue weighted by atomic mass is 9.67. The van der Waals surface area contributed by atoms with E-state index in [2.05, 4.69) is 31.2 Å². The zero-order valence-corrected chi connectivity index (χ0v) is 17.9. The molecule has 28 heavy (non-hydrogen) atoms. The van der Waals surface area contributed by atoms with Gasteiger partial charge in [-0.1, -0.05) is 72.6 Å². The Morgan fingerprint density at radius 1 is 0.857 bits per heavy atom. The lowest BCUT2D eigenvalue weighted by molar-refractivity contribution is 0.483. The summed E-state index contributed by atoms with van der Waals surface area (Å²) in [5.74, 6) is 0. The molecule has 144 valence electrons. The van der Waals surface area contributed by atoms with E-state index in [1.807, 2.05) is 61.5 Å². The Kier molecular flexibility index (Phi) is 6.52. The van der Waals surface area contributed by atoms with Crippen molar-refractivity contribution in [2.45, 2.75) is 32.6 Å². The van der Waals surface area contributed by atoms with Gasteiger partial charge in [-0.2, -0.15) is 0 Å². The zero-order valence-electron chi connectivity index (χ0n) is 16.3. The first-order chi connectivity index (χ1) is 13.4. The monoisotopic (exact) mass is 411 g/mol. The van der Waals surface area contributed by atoms with Gasteiger partial charge in [0.1, 0.15) is 0 Å². The second kappa shape index (κ2) is 8.71. The first kappa shape index (κ1) is 20.9. The minimum absolute atomic E-state index is 0.563. The molecule has 0 saturated heterocycles. The van der Waals surface area contributed by atoms with Crippen LogP contribution < -0.4 is 5.23 Å². The molecule has 0 atom stereocenters. The SMILES string of the molecule is CCB(O)NC(c1ccccc1)(c1cc(Cl)ccc1C)c1cc(Cl)ccc1C. The van der Waals surface area contributed by atoms with Crippen LogP contribution in [-0.4, -0.2) is 12.1 Å². The fourth-order valence-corrected chi connectivity index (χ4v) is 4.08. The van der Waals surface area contributed by atoms with Gasteiger partial charge < -0.3 is 10.3 Å². The number of nitrogens with one attached hydrogen (secondary N) is 1. The van der Waals surface area contributed by atoms with E-state index < -0.39 is 12.6 Å². The number of halogens is 2. The third-order valence-electron chi connectivity index (χ3n) is 5.18. The Morgan fingerprint density at radius 2 is 1.36 bits per heavy atom. The molecule has 0 saturated carbocycles. The maximum absolute atomic E-state index is 10.7. The van der Waals surface area contributed by atoms with Gasteiger partial charge in [-0.15, -0.1) is 0 Å². The smallest absolute Gasteiger partial charge is 0.377 e. The predicted molar refractivity (Wildman–Crippen MR) is 120 cm³/mol. The molecule has 2 N–H and O–H groups in total. The number of aryl methyl sites for hydroxylation is 2. The lowest BCUT2D eigenvalue weighted by Gasteiger charge is -2.40. The van der Waals surface area contributed by atoms with Crippen molar-refractivity contribution in [3.05, 3.63) is 105 Å². The van der Waals surface area contributed by atoms with E-state index in [1.54, 1.807) is 0 Å². The number of hydrogen-bond acceptors (Lipinski definition) is 2. The largest absolute Gasteiger partial charge is 0.437 e. The average Bonchev–Trinajstić information content (AvgIpc) is 2.70. The number of rotatable bonds is 6. The molecule has 0 aliphatic heterocycles. The van der Waals surface area contributed by atoms with Crippen molar-refractivity contribution in [1.82, 2.24) is 5.23 Å². The summed E-state index contributed by atoms with van der Waals surface area (Å²) in [7, 11) is -0.711. The number of hydrogen-bond donors (Lipinski definition) is 2. The van der Waals surface area contributed by atoms with Gasteiger partial charge in [-0.3, -0.25) is 0 Å². The maximum Gasteiger partial charge on any atom is 0.377 e. The van der Waals surface area contributed by atoms with E-state index in [0.29, 0.717) is 16.4 Å². The summed E-state index contributed by atoms with van der Waals surface area (Å²) < 4.78 is 0. The van der Waals surface area contributed by atoms with Crippen molar-refractivity contribution in [2.75, 3.05) is 0 Å². The number of benzene rings is 3. The van der Waals surface area contributed by atoms with Crippen LogP contribution in [0.25, 0.3) is 0 Å². The van der Waals surface area contributed by atoms with Crippen LogP contribution in [0.2, 0.25) is 16.4 Å². The summed E-state index contributed by atoms with van der Waals surface area (Å²) in [6.07, 6.45) is 0.563. The molecule has 3 rings (SSSR count). The fraction of sp³-hybridized carbons (Fsp3) is 0.217. The minimum atomic E-state index is -0.805. The van der Waals surface area contributed by atoms with Gasteiger partial charge in [0.25, 0.3) is 0 Å². The summed E-state index contributed by atoms with van der Waals surface area (Å²) in [5.41, 5.74) is 4.33. The van der Waals surface area contributed by atoms with Crippen LogP contribution in [0.5, 0.6) is 0 Å². The third-order valence-corrected chi connectivity index (χ3v) is 5.65. The fourth-order valence-electron chi connectivity index (χ4n) is 3.73. The van der Waals surface area contributed by atoms with Crippen LogP contribution in [-0.2, 0) is 5.54 Å². The van der Waals surface area contributed by atoms with Crippen LogP contribution in [0, 0.1) is 13.8 Å². The maximum atomic E-state index is 10.7. The summed E-state index contributed by atoms with van der Waals surface area (Å²) in [6, 6.07) is 21.9. The van der Waals surface area contributed by atoms with Crippen molar-refractivity contribution < 1.29 is 5.02 Å². The van der Waals surface area contributed by atoms with E-state index in [-0.39, 0.29) is 0 Å². The molecule has 0 radical (unpaired) electrons. The molecular weight excluding hydrogens is 388 g/mol. The second-order valence-corrected chi connectivity index (χ2v) is 7.98. The highest BCUT2D eigenvalue weighted by atomic mass is 35.5. The Hall–Kier alpha value is -1.78. The van der Waals surface area contributed by atoms with Crippen molar-refractivity contribution in [2.24, 2.45) is 0 Å². The standard InChI is InChI=1S/C23H24BCl2NO/c1-4-24(28)27-23(18-8-6-5-7-9-18,21-14-19(25)12-10-16(21)2)22-15-20(26)13-11-17(22)3/h5-15,27-28H,4H2,1-3H3. The molecule has 0 fully saturated rings. The molecule has 0 aliphatic carbocycles. The first-order valence-corrected chi connectivity index (χ1v) is 10.2. The highest BCUT2D eigenvalue weighted by Crippen LogP contribution is 2.42. The van der Waals surface area contributed by atoms with Crippen molar-refractivity contribution in [1.29, 1.82) is 0 Å². The minimum Gasteiger partial charge on any atom is -0.437 e. The van der Waals surface area contributed by atoms with Gasteiger partial charge in [0.05, 0.1) is 5.54 Å². The van der Waals surface area contributed by atoms with Gasteiger partial charge in [0.2, 0.25) is 0 Å². The second-order valence-electron chi connectivity index (χ2n) is 7.10. The lowest BCUT2D eigenvalue weighted by Crippen LogP contribution is -2.52. The topological polar surface area (TPSA) is 32.3 Å². The van der Waals surface area contributed by atoms with E-state index in [0.717, 1.165) is 27.8 Å². The van der Waals surface area contributed by atoms with Crippen LogP contribution >= 0.6 is 23.2 Å². The van der Waals surface area contributed by atoms with Gasteiger partial charge in [0.15, 0.2) is 0 Å². The Morgan fingerprint density at radius 3 is 1.82 bits per heavy atom. The molecular formula is C23H24BCl2NO. The highest BCUT2D eigenvalue weighted by molar-refractivity contribution is 6.47. The first-order valence-electron chi connectivity index (χ1n) is 9.43. The molecule has 5 heteroatoms. The Labute approximate surface area is 177 Å². The van der Waals surface area contributed by atoms with E-state index in [9.17, 15) is 5.02 Å². The van der Waals surface area contributed by atoms with E-state index >= 15 is 0 Å². The molecule has 3 aromatic carbocycles. The molecule has 0 aliphatic rings. The van der Waals surface area contributed by atoms with E-state index in [4.69, 9.17) is 23.2 Å².